The molecule has 0 amide bonds. The van der Waals surface area contributed by atoms with Gasteiger partial charge in [-0.3, -0.25) is 0 Å². The predicted molar refractivity (Wildman–Crippen MR) is 64.9 cm³/mol. The van der Waals surface area contributed by atoms with Crippen LogP contribution in [0.4, 0.5) is 0 Å². The first-order valence-corrected chi connectivity index (χ1v) is 6.18. The summed E-state index contributed by atoms with van der Waals surface area (Å²) in [5.41, 5.74) is 0.477. The molecular weight excluding hydrogens is 208 g/mol. The Hall–Kier alpha value is -0.350. The molecule has 0 aromatic rings. The van der Waals surface area contributed by atoms with E-state index in [4.69, 9.17) is 17.0 Å². The molecule has 0 aromatic carbocycles. The normalized spacial score (nSPS) is 22.2. The number of hydrogen-bond donors (Lipinski definition) is 2. The van der Waals surface area contributed by atoms with E-state index in [9.17, 15) is 0 Å². The van der Waals surface area contributed by atoms with Gasteiger partial charge in [0.15, 0.2) is 5.11 Å². The summed E-state index contributed by atoms with van der Waals surface area (Å²) < 4.78 is 5.12. The lowest BCUT2D eigenvalue weighted by atomic mass is 10.0. The summed E-state index contributed by atoms with van der Waals surface area (Å²) in [7, 11) is 1.77. The molecular formula is C11H20N2OS. The maximum absolute atomic E-state index is 5.23. The van der Waals surface area contributed by atoms with E-state index in [1.807, 2.05) is 0 Å². The van der Waals surface area contributed by atoms with Gasteiger partial charge in [0.2, 0.25) is 0 Å². The van der Waals surface area contributed by atoms with Crippen molar-refractivity contribution in [3.8, 4) is 0 Å². The summed E-state index contributed by atoms with van der Waals surface area (Å²) >= 11 is 5.23. The minimum absolute atomic E-state index is 0.477. The van der Waals surface area contributed by atoms with Crippen LogP contribution in [0.5, 0.6) is 0 Å². The van der Waals surface area contributed by atoms with Crippen LogP contribution in [-0.4, -0.2) is 31.4 Å². The molecule has 0 bridgehead atoms. The molecule has 2 aliphatic rings. The summed E-state index contributed by atoms with van der Waals surface area (Å²) in [6, 6.07) is 0.652. The highest BCUT2D eigenvalue weighted by Gasteiger charge is 2.41. The van der Waals surface area contributed by atoms with Crippen LogP contribution in [0.15, 0.2) is 0 Å². The van der Waals surface area contributed by atoms with E-state index in [1.165, 1.54) is 25.7 Å². The van der Waals surface area contributed by atoms with Crippen molar-refractivity contribution in [2.45, 2.75) is 38.1 Å². The minimum atomic E-state index is 0.477. The maximum atomic E-state index is 5.23. The molecule has 2 fully saturated rings. The van der Waals surface area contributed by atoms with Crippen LogP contribution < -0.4 is 10.6 Å². The van der Waals surface area contributed by atoms with E-state index < -0.39 is 0 Å². The van der Waals surface area contributed by atoms with Crippen molar-refractivity contribution in [2.24, 2.45) is 5.41 Å². The molecule has 2 aliphatic carbocycles. The predicted octanol–water partition coefficient (Wildman–Crippen LogP) is 1.43. The van der Waals surface area contributed by atoms with Crippen LogP contribution >= 0.6 is 12.2 Å². The molecule has 0 unspecified atom stereocenters. The Balaban J connectivity index is 1.61. The molecule has 2 saturated carbocycles. The standard InChI is InChI=1S/C11H20N2OS/c1-14-7-6-11(4-5-11)8-12-10(15)13-9-2-3-9/h9H,2-8H2,1H3,(H2,12,13,15). The molecule has 2 rings (SSSR count). The molecule has 0 aromatic heterocycles. The highest BCUT2D eigenvalue weighted by molar-refractivity contribution is 7.80. The zero-order chi connectivity index (χ0) is 10.7. The number of hydrogen-bond acceptors (Lipinski definition) is 2. The van der Waals surface area contributed by atoms with Crippen molar-refractivity contribution in [1.82, 2.24) is 10.6 Å². The lowest BCUT2D eigenvalue weighted by Crippen LogP contribution is -2.39. The van der Waals surface area contributed by atoms with E-state index >= 15 is 0 Å². The SMILES string of the molecule is COCCC1(CNC(=S)NC2CC2)CC1. The van der Waals surface area contributed by atoms with Gasteiger partial charge in [-0.2, -0.15) is 0 Å². The van der Waals surface area contributed by atoms with Crippen LogP contribution in [0.25, 0.3) is 0 Å². The van der Waals surface area contributed by atoms with Gasteiger partial charge in [-0.15, -0.1) is 0 Å². The molecule has 0 radical (unpaired) electrons. The molecule has 0 heterocycles. The first kappa shape index (κ1) is 11.1. The minimum Gasteiger partial charge on any atom is -0.385 e. The van der Waals surface area contributed by atoms with E-state index in [-0.39, 0.29) is 0 Å². The molecule has 0 atom stereocenters. The molecule has 3 nitrogen and oxygen atoms in total. The van der Waals surface area contributed by atoms with Gasteiger partial charge >= 0.3 is 0 Å². The number of thiocarbonyl (C=S) groups is 1. The molecule has 86 valence electrons. The quantitative estimate of drug-likeness (QED) is 0.674. The van der Waals surface area contributed by atoms with Gasteiger partial charge in [0.1, 0.15) is 0 Å². The van der Waals surface area contributed by atoms with Crippen LogP contribution in [0.2, 0.25) is 0 Å². The van der Waals surface area contributed by atoms with Gasteiger partial charge in [-0.1, -0.05) is 0 Å². The first-order valence-electron chi connectivity index (χ1n) is 5.77. The van der Waals surface area contributed by atoms with E-state index in [1.54, 1.807) is 7.11 Å². The highest BCUT2D eigenvalue weighted by Crippen LogP contribution is 2.48. The van der Waals surface area contributed by atoms with Crippen LogP contribution in [0.3, 0.4) is 0 Å². The second-order valence-electron chi connectivity index (χ2n) is 4.84. The third kappa shape index (κ3) is 3.61. The molecule has 0 saturated heterocycles. The van der Waals surface area contributed by atoms with Crippen molar-refractivity contribution in [3.05, 3.63) is 0 Å². The zero-order valence-corrected chi connectivity index (χ0v) is 10.2. The third-order valence-electron chi connectivity index (χ3n) is 3.33. The highest BCUT2D eigenvalue weighted by atomic mass is 32.1. The van der Waals surface area contributed by atoms with Gasteiger partial charge in [0.25, 0.3) is 0 Å². The molecule has 15 heavy (non-hydrogen) atoms. The average molecular weight is 228 g/mol. The molecule has 4 heteroatoms. The van der Waals surface area contributed by atoms with Gasteiger partial charge in [-0.05, 0) is 49.7 Å². The van der Waals surface area contributed by atoms with Gasteiger partial charge < -0.3 is 15.4 Å². The number of ether oxygens (including phenoxy) is 1. The van der Waals surface area contributed by atoms with E-state index in [0.29, 0.717) is 11.5 Å². The summed E-state index contributed by atoms with van der Waals surface area (Å²) in [6.07, 6.45) is 6.33. The fourth-order valence-electron chi connectivity index (χ4n) is 1.74. The lowest BCUT2D eigenvalue weighted by Gasteiger charge is -2.17. The summed E-state index contributed by atoms with van der Waals surface area (Å²) in [5.74, 6) is 0. The van der Waals surface area contributed by atoms with Crippen LogP contribution in [0, 0.1) is 5.41 Å². The van der Waals surface area contributed by atoms with Crippen molar-refractivity contribution in [2.75, 3.05) is 20.3 Å². The fourth-order valence-corrected chi connectivity index (χ4v) is 1.98. The number of nitrogens with one attached hydrogen (secondary N) is 2. The molecule has 0 aliphatic heterocycles. The van der Waals surface area contributed by atoms with Crippen LogP contribution in [0.1, 0.15) is 32.1 Å². The molecule has 2 N–H and O–H groups in total. The van der Waals surface area contributed by atoms with Crippen LogP contribution in [-0.2, 0) is 4.74 Å². The van der Waals surface area contributed by atoms with Gasteiger partial charge in [0.05, 0.1) is 0 Å². The second kappa shape index (κ2) is 4.66. The summed E-state index contributed by atoms with van der Waals surface area (Å²) in [4.78, 5) is 0. The second-order valence-corrected chi connectivity index (χ2v) is 5.25. The topological polar surface area (TPSA) is 33.3 Å². The summed E-state index contributed by atoms with van der Waals surface area (Å²) in [5, 5.41) is 7.46. The van der Waals surface area contributed by atoms with Crippen molar-refractivity contribution in [3.63, 3.8) is 0 Å². The third-order valence-corrected chi connectivity index (χ3v) is 3.59. The average Bonchev–Trinajstić information content (AvgIpc) is 3.09. The summed E-state index contributed by atoms with van der Waals surface area (Å²) in [6.45, 7) is 1.87. The fraction of sp³-hybridized carbons (Fsp3) is 0.909. The Morgan fingerprint density at radius 1 is 1.47 bits per heavy atom. The Bertz CT molecular complexity index is 237. The van der Waals surface area contributed by atoms with Gasteiger partial charge in [-0.25, -0.2) is 0 Å². The maximum Gasteiger partial charge on any atom is 0.166 e. The Kier molecular flexibility index (Phi) is 3.46. The lowest BCUT2D eigenvalue weighted by molar-refractivity contribution is 0.172. The van der Waals surface area contributed by atoms with Gasteiger partial charge in [0, 0.05) is 26.3 Å². The molecule has 0 spiro atoms. The first-order chi connectivity index (χ1) is 7.24. The Labute approximate surface area is 96.9 Å². The zero-order valence-electron chi connectivity index (χ0n) is 9.34. The Morgan fingerprint density at radius 3 is 2.73 bits per heavy atom. The smallest absolute Gasteiger partial charge is 0.166 e. The number of methoxy groups -OCH3 is 1. The van der Waals surface area contributed by atoms with Crippen molar-refractivity contribution < 1.29 is 4.74 Å². The van der Waals surface area contributed by atoms with E-state index in [2.05, 4.69) is 10.6 Å². The monoisotopic (exact) mass is 228 g/mol. The number of rotatable bonds is 6. The van der Waals surface area contributed by atoms with Crippen molar-refractivity contribution in [1.29, 1.82) is 0 Å². The van der Waals surface area contributed by atoms with E-state index in [0.717, 1.165) is 24.7 Å². The largest absolute Gasteiger partial charge is 0.385 e. The Morgan fingerprint density at radius 2 is 2.20 bits per heavy atom. The van der Waals surface area contributed by atoms with Crippen molar-refractivity contribution >= 4 is 17.3 Å².